The van der Waals surface area contributed by atoms with Gasteiger partial charge in [0.1, 0.15) is 0 Å². The first-order valence-corrected chi connectivity index (χ1v) is 41.7. The fourth-order valence-electron chi connectivity index (χ4n) is 10.2. The molecule has 12 aromatic carbocycles. The molecule has 0 aromatic heterocycles. The molecule has 12 aromatic rings. The fraction of sp³-hybridized carbons (Fsp3) is 0.108. The Kier molecular flexibility index (Phi) is 43.6. The topological polar surface area (TPSA) is 0 Å². The van der Waals surface area contributed by atoms with Gasteiger partial charge in [-0.15, -0.1) is 0 Å². The molecule has 0 N–H and O–H groups in total. The van der Waals surface area contributed by atoms with Gasteiger partial charge in [-0.05, 0) is 124 Å². The van der Waals surface area contributed by atoms with E-state index in [-0.39, 0.29) is 51.2 Å². The number of halogens is 8. The zero-order valence-electron chi connectivity index (χ0n) is 56.1. The van der Waals surface area contributed by atoms with E-state index in [1.807, 2.05) is 0 Å². The van der Waals surface area contributed by atoms with Crippen LogP contribution in [0.2, 0.25) is 0 Å². The molecule has 0 heterocycles. The molecule has 0 saturated heterocycles. The molecule has 102 heavy (non-hydrogen) atoms. The van der Waals surface area contributed by atoms with Gasteiger partial charge in [-0.25, -0.2) is 0 Å². The average Bonchev–Trinajstić information content (AvgIpc) is 0.830. The van der Waals surface area contributed by atoms with Crippen LogP contribution in [0.5, 0.6) is 0 Å². The Morgan fingerprint density at radius 1 is 0.225 bits per heavy atom. The van der Waals surface area contributed by atoms with Crippen molar-refractivity contribution < 1.29 is 85.7 Å². The van der Waals surface area contributed by atoms with Crippen LogP contribution in [0.4, 0.5) is 34.5 Å². The van der Waals surface area contributed by atoms with Gasteiger partial charge in [-0.2, -0.15) is 0 Å². The molecule has 536 valence electrons. The Morgan fingerprint density at radius 3 is 0.441 bits per heavy atom. The van der Waals surface area contributed by atoms with Crippen LogP contribution in [0, 0.1) is 12.3 Å². The van der Waals surface area contributed by atoms with E-state index >= 15 is 0 Å². The first-order chi connectivity index (χ1) is 48.2. The van der Waals surface area contributed by atoms with Crippen LogP contribution in [-0.2, 0) is 51.2 Å². The van der Waals surface area contributed by atoms with Crippen molar-refractivity contribution in [3.05, 3.63) is 370 Å². The maximum atomic E-state index is 9.75. The third-order valence-corrected chi connectivity index (χ3v) is 32.7. The van der Waals surface area contributed by atoms with E-state index in [1.165, 1.54) is 101 Å². The van der Waals surface area contributed by atoms with E-state index < -0.39 is 62.0 Å². The van der Waals surface area contributed by atoms with Gasteiger partial charge in [0, 0.05) is 17.7 Å². The first-order valence-electron chi connectivity index (χ1n) is 32.6. The predicted octanol–water partition coefficient (Wildman–Crippen LogP) is 20.8. The molecular formula is C83H79B2Cu3F8P6. The second-order valence-electron chi connectivity index (χ2n) is 22.0. The van der Waals surface area contributed by atoms with Gasteiger partial charge in [0.2, 0.25) is 0 Å². The smallest absolute Gasteiger partial charge is 0.694 e. The fourth-order valence-corrected chi connectivity index (χ4v) is 29.6. The largest absolute Gasteiger partial charge is 1.00 e. The minimum Gasteiger partial charge on any atom is -0.694 e. The van der Waals surface area contributed by atoms with E-state index in [2.05, 4.69) is 377 Å². The van der Waals surface area contributed by atoms with E-state index in [1.54, 1.807) is 0 Å². The number of unbranched alkanes of at least 4 members (excludes halogenated alkanes) is 4. The van der Waals surface area contributed by atoms with Crippen molar-refractivity contribution in [1.82, 2.24) is 0 Å². The van der Waals surface area contributed by atoms with Gasteiger partial charge in [-0.3, -0.25) is 0 Å². The number of hydrogen-bond donors (Lipinski definition) is 0. The van der Waals surface area contributed by atoms with Crippen LogP contribution in [0.3, 0.4) is 0 Å². The van der Waals surface area contributed by atoms with Crippen LogP contribution >= 0.6 is 47.5 Å². The van der Waals surface area contributed by atoms with Crippen molar-refractivity contribution in [2.24, 2.45) is 0 Å². The minimum absolute atomic E-state index is 0. The van der Waals surface area contributed by atoms with Gasteiger partial charge >= 0.3 is 65.7 Å². The molecule has 0 amide bonds. The molecule has 0 atom stereocenters. The van der Waals surface area contributed by atoms with Gasteiger partial charge < -0.3 is 46.9 Å². The average molecular weight is 1630 g/mol. The summed E-state index contributed by atoms with van der Waals surface area (Å²) >= 11 is 0. The van der Waals surface area contributed by atoms with Crippen molar-refractivity contribution >= 4 is 126 Å². The molecule has 12 rings (SSSR count). The van der Waals surface area contributed by atoms with Gasteiger partial charge in [0.05, 0.1) is 0 Å². The third kappa shape index (κ3) is 33.8. The van der Waals surface area contributed by atoms with Crippen molar-refractivity contribution in [2.45, 2.75) is 39.0 Å². The summed E-state index contributed by atoms with van der Waals surface area (Å²) in [6.07, 6.45) is 12.4. The monoisotopic (exact) mass is 1620 g/mol. The quantitative estimate of drug-likeness (QED) is 0.0158. The molecule has 0 unspecified atom stereocenters. The van der Waals surface area contributed by atoms with Crippen molar-refractivity contribution in [3.8, 4) is 5.92 Å². The van der Waals surface area contributed by atoms with E-state index in [4.69, 9.17) is 6.42 Å². The molecule has 0 radical (unpaired) electrons. The second kappa shape index (κ2) is 50.4. The normalized spacial score (nSPS) is 10.6. The Morgan fingerprint density at radius 2 is 0.343 bits per heavy atom. The minimum atomic E-state index is -6.00. The number of benzene rings is 12. The Hall–Kier alpha value is -6.09. The summed E-state index contributed by atoms with van der Waals surface area (Å²) in [5.74, 6) is 5.90. The van der Waals surface area contributed by atoms with Crippen LogP contribution in [-0.4, -0.2) is 32.2 Å². The molecule has 0 fully saturated rings. The van der Waals surface area contributed by atoms with E-state index in [0.717, 1.165) is 12.8 Å². The molecule has 0 aliphatic heterocycles. The summed E-state index contributed by atoms with van der Waals surface area (Å²) in [4.78, 5) is 0. The number of hydrogen-bond acceptors (Lipinski definition) is 0. The van der Waals surface area contributed by atoms with Crippen LogP contribution in [0.15, 0.2) is 364 Å². The molecule has 0 aliphatic carbocycles. The summed E-state index contributed by atoms with van der Waals surface area (Å²) in [5, 5.41) is 17.5. The summed E-state index contributed by atoms with van der Waals surface area (Å²) in [6, 6.07) is 132. The van der Waals surface area contributed by atoms with Gasteiger partial charge in [-0.1, -0.05) is 390 Å². The SMILES string of the molecule is F[B-](F)(F)F.F[B-](F)(F)F.[C-]#CCCCCCC.[Cu+].[Cu+].[Cu+].c1ccc(P(CP(c2ccccc2)c2ccccc2)c2ccccc2)cc1.c1ccc(P(CP(c2ccccc2)c2ccccc2)c2ccccc2)cc1.c1ccc(P(CP(c2ccccc2)c2ccccc2)c2ccccc2)cc1. The predicted molar refractivity (Wildman–Crippen MR) is 425 cm³/mol. The van der Waals surface area contributed by atoms with E-state index in [9.17, 15) is 34.5 Å². The second-order valence-corrected chi connectivity index (χ2v) is 36.7. The van der Waals surface area contributed by atoms with Crippen LogP contribution in [0.25, 0.3) is 0 Å². The van der Waals surface area contributed by atoms with Gasteiger partial charge in [0.25, 0.3) is 0 Å². The molecule has 0 aliphatic rings. The summed E-state index contributed by atoms with van der Waals surface area (Å²) in [6.45, 7) is 2.19. The molecular weight excluding hydrogens is 1550 g/mol. The summed E-state index contributed by atoms with van der Waals surface area (Å²) in [5.41, 5.74) is 0. The maximum Gasteiger partial charge on any atom is 1.00 e. The summed E-state index contributed by atoms with van der Waals surface area (Å²) < 4.78 is 78.0. The van der Waals surface area contributed by atoms with Crippen LogP contribution in [0.1, 0.15) is 39.0 Å². The van der Waals surface area contributed by atoms with E-state index in [0.29, 0.717) is 0 Å². The third-order valence-electron chi connectivity index (χ3n) is 14.8. The van der Waals surface area contributed by atoms with Gasteiger partial charge in [0.15, 0.2) is 0 Å². The molecule has 0 spiro atoms. The van der Waals surface area contributed by atoms with Crippen molar-refractivity contribution in [2.75, 3.05) is 17.7 Å². The Labute approximate surface area is 639 Å². The maximum absolute atomic E-state index is 9.75. The molecule has 0 bridgehead atoms. The molecule has 0 saturated carbocycles. The molecule has 0 nitrogen and oxygen atoms in total. The molecule has 19 heteroatoms. The Bertz CT molecular complexity index is 3180. The summed E-state index contributed by atoms with van der Waals surface area (Å²) in [7, 11) is -14.5. The first kappa shape index (κ1) is 88.3. The zero-order valence-corrected chi connectivity index (χ0v) is 64.3. The number of rotatable bonds is 22. The Balaban J connectivity index is 0.000000285. The zero-order chi connectivity index (χ0) is 70.2. The van der Waals surface area contributed by atoms with Crippen molar-refractivity contribution in [1.29, 1.82) is 0 Å². The van der Waals surface area contributed by atoms with Crippen molar-refractivity contribution in [3.63, 3.8) is 0 Å². The standard InChI is InChI=1S/3C25H22P2.C8H13.2BF4.3Cu/c3*1-5-13-22(14-6-1)26(23-15-7-2-8-16-23)21-27(24-17-9-3-10-18-24)25-19-11-4-12-20-25;1-3-5-7-8-6-4-2;2*2-1(3,4)5;;;/h3*1-20H,21H2;3,5-8H2,1H3;;;;;/q;;;3*-1;3*+1. The van der Waals surface area contributed by atoms with Crippen LogP contribution < -0.4 is 63.7 Å².